The number of nitrogens with one attached hydrogen (secondary N) is 1. The van der Waals surface area contributed by atoms with Gasteiger partial charge in [-0.15, -0.1) is 0 Å². The van der Waals surface area contributed by atoms with E-state index in [-0.39, 0.29) is 5.69 Å². The number of nitro groups is 1. The molecular formula is C16H17ClN2O2. The standard InChI is InChI=1S/C16H17ClN2O2/c1-2-12-6-3-4-7-13(12)10-18-11-14-15(17)8-5-9-16(14)19(20)21/h3-9,18H,2,10-11H2,1H3. The molecule has 0 heterocycles. The number of aryl methyl sites for hydroxylation is 1. The first-order chi connectivity index (χ1) is 10.1. The minimum Gasteiger partial charge on any atom is -0.308 e. The van der Waals surface area contributed by atoms with Crippen molar-refractivity contribution in [2.45, 2.75) is 26.4 Å². The summed E-state index contributed by atoms with van der Waals surface area (Å²) in [6.07, 6.45) is 0.962. The highest BCUT2D eigenvalue weighted by atomic mass is 35.5. The molecule has 2 rings (SSSR count). The molecule has 0 saturated carbocycles. The molecule has 4 nitrogen and oxygen atoms in total. The molecule has 0 bridgehead atoms. The van der Waals surface area contributed by atoms with Gasteiger partial charge in [0.05, 0.1) is 15.5 Å². The summed E-state index contributed by atoms with van der Waals surface area (Å²) in [7, 11) is 0. The summed E-state index contributed by atoms with van der Waals surface area (Å²) < 4.78 is 0. The molecule has 0 radical (unpaired) electrons. The van der Waals surface area contributed by atoms with Crippen LogP contribution >= 0.6 is 11.6 Å². The zero-order valence-electron chi connectivity index (χ0n) is 11.8. The number of nitro benzene ring substituents is 1. The van der Waals surface area contributed by atoms with Crippen LogP contribution in [0.15, 0.2) is 42.5 Å². The SMILES string of the molecule is CCc1ccccc1CNCc1c(Cl)cccc1[N+](=O)[O-]. The van der Waals surface area contributed by atoms with Gasteiger partial charge in [0.1, 0.15) is 0 Å². The molecule has 0 saturated heterocycles. The molecule has 0 atom stereocenters. The van der Waals surface area contributed by atoms with Crippen LogP contribution in [0.3, 0.4) is 0 Å². The van der Waals surface area contributed by atoms with E-state index in [9.17, 15) is 10.1 Å². The van der Waals surface area contributed by atoms with Crippen molar-refractivity contribution in [3.05, 3.63) is 74.3 Å². The maximum atomic E-state index is 11.0. The number of halogens is 1. The van der Waals surface area contributed by atoms with E-state index in [0.29, 0.717) is 23.7 Å². The number of nitrogens with zero attached hydrogens (tertiary/aromatic N) is 1. The lowest BCUT2D eigenvalue weighted by atomic mass is 10.1. The van der Waals surface area contributed by atoms with Crippen molar-refractivity contribution in [1.29, 1.82) is 0 Å². The van der Waals surface area contributed by atoms with Gasteiger partial charge in [-0.25, -0.2) is 0 Å². The van der Waals surface area contributed by atoms with Crippen molar-refractivity contribution < 1.29 is 4.92 Å². The average molecular weight is 305 g/mol. The van der Waals surface area contributed by atoms with Crippen LogP contribution in [0, 0.1) is 10.1 Å². The molecule has 0 spiro atoms. The Morgan fingerprint density at radius 3 is 2.48 bits per heavy atom. The Kier molecular flexibility index (Phi) is 5.31. The highest BCUT2D eigenvalue weighted by Crippen LogP contribution is 2.26. The molecule has 5 heteroatoms. The second-order valence-electron chi connectivity index (χ2n) is 4.72. The van der Waals surface area contributed by atoms with Crippen LogP contribution in [-0.2, 0) is 19.5 Å². The number of hydrogen-bond donors (Lipinski definition) is 1. The molecule has 0 aliphatic rings. The van der Waals surface area contributed by atoms with Gasteiger partial charge in [-0.2, -0.15) is 0 Å². The van der Waals surface area contributed by atoms with E-state index in [0.717, 1.165) is 6.42 Å². The second-order valence-corrected chi connectivity index (χ2v) is 5.13. The maximum absolute atomic E-state index is 11.0. The molecule has 0 amide bonds. The highest BCUT2D eigenvalue weighted by molar-refractivity contribution is 6.31. The van der Waals surface area contributed by atoms with E-state index < -0.39 is 4.92 Å². The van der Waals surface area contributed by atoms with Crippen LogP contribution in [0.1, 0.15) is 23.6 Å². The minimum atomic E-state index is -0.400. The van der Waals surface area contributed by atoms with Crippen LogP contribution in [0.2, 0.25) is 5.02 Å². The fourth-order valence-corrected chi connectivity index (χ4v) is 2.53. The molecule has 2 aromatic rings. The summed E-state index contributed by atoms with van der Waals surface area (Å²) in [5.74, 6) is 0. The summed E-state index contributed by atoms with van der Waals surface area (Å²) in [6.45, 7) is 3.14. The monoisotopic (exact) mass is 304 g/mol. The van der Waals surface area contributed by atoms with Crippen molar-refractivity contribution in [2.75, 3.05) is 0 Å². The van der Waals surface area contributed by atoms with E-state index in [2.05, 4.69) is 24.4 Å². The van der Waals surface area contributed by atoms with E-state index in [1.165, 1.54) is 17.2 Å². The molecule has 0 aliphatic carbocycles. The van der Waals surface area contributed by atoms with Crippen LogP contribution in [-0.4, -0.2) is 4.92 Å². The van der Waals surface area contributed by atoms with Crippen molar-refractivity contribution in [2.24, 2.45) is 0 Å². The first-order valence-corrected chi connectivity index (χ1v) is 7.20. The number of hydrogen-bond acceptors (Lipinski definition) is 3. The van der Waals surface area contributed by atoms with Crippen LogP contribution in [0.5, 0.6) is 0 Å². The van der Waals surface area contributed by atoms with Gasteiger partial charge in [-0.3, -0.25) is 10.1 Å². The highest BCUT2D eigenvalue weighted by Gasteiger charge is 2.15. The molecule has 0 aliphatic heterocycles. The molecule has 110 valence electrons. The van der Waals surface area contributed by atoms with Gasteiger partial charge < -0.3 is 5.32 Å². The Labute approximate surface area is 128 Å². The first-order valence-electron chi connectivity index (χ1n) is 6.82. The lowest BCUT2D eigenvalue weighted by molar-refractivity contribution is -0.385. The van der Waals surface area contributed by atoms with Gasteiger partial charge in [-0.1, -0.05) is 48.9 Å². The quantitative estimate of drug-likeness (QED) is 0.645. The van der Waals surface area contributed by atoms with Gasteiger partial charge >= 0.3 is 0 Å². The lowest BCUT2D eigenvalue weighted by Crippen LogP contribution is -2.15. The third-order valence-electron chi connectivity index (χ3n) is 3.41. The van der Waals surface area contributed by atoms with Crippen molar-refractivity contribution in [3.8, 4) is 0 Å². The Balaban J connectivity index is 2.09. The topological polar surface area (TPSA) is 55.2 Å². The Bertz CT molecular complexity index is 644. The predicted octanol–water partition coefficient (Wildman–Crippen LogP) is 4.10. The van der Waals surface area contributed by atoms with Crippen molar-refractivity contribution >= 4 is 17.3 Å². The molecule has 1 N–H and O–H groups in total. The molecule has 0 aromatic heterocycles. The molecular weight excluding hydrogens is 288 g/mol. The van der Waals surface area contributed by atoms with Gasteiger partial charge in [0.2, 0.25) is 0 Å². The fourth-order valence-electron chi connectivity index (χ4n) is 2.29. The molecule has 0 fully saturated rings. The summed E-state index contributed by atoms with van der Waals surface area (Å²) in [4.78, 5) is 10.6. The van der Waals surface area contributed by atoms with Crippen molar-refractivity contribution in [1.82, 2.24) is 5.32 Å². The van der Waals surface area contributed by atoms with Gasteiger partial charge in [-0.05, 0) is 23.6 Å². The summed E-state index contributed by atoms with van der Waals surface area (Å²) >= 11 is 6.07. The third-order valence-corrected chi connectivity index (χ3v) is 3.76. The van der Waals surface area contributed by atoms with Crippen LogP contribution < -0.4 is 5.32 Å². The number of rotatable bonds is 6. The molecule has 21 heavy (non-hydrogen) atoms. The number of benzene rings is 2. The van der Waals surface area contributed by atoms with Gasteiger partial charge in [0.15, 0.2) is 0 Å². The van der Waals surface area contributed by atoms with Gasteiger partial charge in [0, 0.05) is 19.2 Å². The summed E-state index contributed by atoms with van der Waals surface area (Å²) in [6, 6.07) is 12.9. The first kappa shape index (κ1) is 15.5. The van der Waals surface area contributed by atoms with E-state index in [1.54, 1.807) is 12.1 Å². The Morgan fingerprint density at radius 2 is 1.81 bits per heavy atom. The summed E-state index contributed by atoms with van der Waals surface area (Å²) in [5, 5.41) is 14.7. The van der Waals surface area contributed by atoms with Crippen LogP contribution in [0.4, 0.5) is 5.69 Å². The van der Waals surface area contributed by atoms with E-state index in [4.69, 9.17) is 11.6 Å². The third kappa shape index (κ3) is 3.80. The normalized spacial score (nSPS) is 10.6. The zero-order valence-corrected chi connectivity index (χ0v) is 12.6. The fraction of sp³-hybridized carbons (Fsp3) is 0.250. The molecule has 0 unspecified atom stereocenters. The van der Waals surface area contributed by atoms with E-state index in [1.807, 2.05) is 12.1 Å². The minimum absolute atomic E-state index is 0.0544. The Hall–Kier alpha value is -1.91. The lowest BCUT2D eigenvalue weighted by Gasteiger charge is -2.10. The second kappa shape index (κ2) is 7.20. The van der Waals surface area contributed by atoms with Gasteiger partial charge in [0.25, 0.3) is 5.69 Å². The maximum Gasteiger partial charge on any atom is 0.275 e. The van der Waals surface area contributed by atoms with E-state index >= 15 is 0 Å². The summed E-state index contributed by atoms with van der Waals surface area (Å²) in [5.41, 5.74) is 3.06. The Morgan fingerprint density at radius 1 is 1.10 bits per heavy atom. The largest absolute Gasteiger partial charge is 0.308 e. The zero-order chi connectivity index (χ0) is 15.2. The average Bonchev–Trinajstić information content (AvgIpc) is 2.49. The van der Waals surface area contributed by atoms with Crippen LogP contribution in [0.25, 0.3) is 0 Å². The van der Waals surface area contributed by atoms with Crippen molar-refractivity contribution in [3.63, 3.8) is 0 Å². The smallest absolute Gasteiger partial charge is 0.275 e. The molecule has 2 aromatic carbocycles. The predicted molar refractivity (Wildman–Crippen MR) is 84.5 cm³/mol.